The molecule has 0 saturated heterocycles. The maximum atomic E-state index is 5.66. The maximum Gasteiger partial charge on any atom is 0.302 e. The molecular formula is C19H31BrO3. The zero-order chi connectivity index (χ0) is 17.2. The smallest absolute Gasteiger partial charge is 0.302 e. The first kappa shape index (κ1) is 20.6. The number of unbranched alkanes of at least 4 members (excludes halogenated alkanes) is 5. The summed E-state index contributed by atoms with van der Waals surface area (Å²) in [5, 5.41) is 0. The Hall–Kier alpha value is -0.420. The Morgan fingerprint density at radius 3 is 1.87 bits per heavy atom. The molecule has 0 saturated carbocycles. The molecule has 0 aliphatic rings. The van der Waals surface area contributed by atoms with E-state index < -0.39 is 10.3 Å². The molecule has 1 rings (SSSR count). The second-order valence-corrected chi connectivity index (χ2v) is 7.21. The zero-order valence-electron chi connectivity index (χ0n) is 14.9. The topological polar surface area (TPSA) is 27.7 Å². The van der Waals surface area contributed by atoms with E-state index in [-0.39, 0.29) is 0 Å². The molecule has 0 aromatic heterocycles. The van der Waals surface area contributed by atoms with Gasteiger partial charge in [0.15, 0.2) is 0 Å². The SMILES string of the molecule is CCCCCCCCC(Br)(c1ccccc1)C(OC)(OC)OC. The molecular weight excluding hydrogens is 356 g/mol. The lowest BCUT2D eigenvalue weighted by Crippen LogP contribution is -2.52. The maximum absolute atomic E-state index is 5.66. The van der Waals surface area contributed by atoms with Gasteiger partial charge in [-0.3, -0.25) is 0 Å². The summed E-state index contributed by atoms with van der Waals surface area (Å²) >= 11 is 3.91. The van der Waals surface area contributed by atoms with Crippen LogP contribution in [0.25, 0.3) is 0 Å². The van der Waals surface area contributed by atoms with E-state index in [1.807, 2.05) is 18.2 Å². The first-order valence-electron chi connectivity index (χ1n) is 8.50. The van der Waals surface area contributed by atoms with Crippen molar-refractivity contribution in [2.75, 3.05) is 21.3 Å². The van der Waals surface area contributed by atoms with Gasteiger partial charge in [0.25, 0.3) is 0 Å². The summed E-state index contributed by atoms with van der Waals surface area (Å²) < 4.78 is 16.4. The molecule has 1 unspecified atom stereocenters. The highest BCUT2D eigenvalue weighted by Gasteiger charge is 2.53. The summed E-state index contributed by atoms with van der Waals surface area (Å²) in [4.78, 5) is 0. The van der Waals surface area contributed by atoms with Crippen molar-refractivity contribution in [1.29, 1.82) is 0 Å². The van der Waals surface area contributed by atoms with E-state index in [1.54, 1.807) is 21.3 Å². The van der Waals surface area contributed by atoms with Crippen LogP contribution >= 0.6 is 15.9 Å². The van der Waals surface area contributed by atoms with Crippen molar-refractivity contribution in [3.05, 3.63) is 35.9 Å². The lowest BCUT2D eigenvalue weighted by Gasteiger charge is -2.43. The van der Waals surface area contributed by atoms with Crippen molar-refractivity contribution in [3.8, 4) is 0 Å². The molecule has 0 fully saturated rings. The van der Waals surface area contributed by atoms with Crippen LogP contribution in [0, 0.1) is 0 Å². The quantitative estimate of drug-likeness (QED) is 0.265. The molecule has 0 bridgehead atoms. The summed E-state index contributed by atoms with van der Waals surface area (Å²) in [6.07, 6.45) is 8.32. The average Bonchev–Trinajstić information content (AvgIpc) is 2.60. The molecule has 1 atom stereocenters. The minimum Gasteiger partial charge on any atom is -0.329 e. The second-order valence-electron chi connectivity index (χ2n) is 5.85. The van der Waals surface area contributed by atoms with Crippen LogP contribution in [0.4, 0.5) is 0 Å². The molecule has 0 aliphatic carbocycles. The molecule has 0 heterocycles. The standard InChI is InChI=1S/C19H31BrO3/c1-5-6-7-8-9-13-16-18(20,17-14-11-10-12-15-17)19(21-2,22-3)23-4/h10-12,14-15H,5-9,13,16H2,1-4H3. The Balaban J connectivity index is 2.89. The van der Waals surface area contributed by atoms with Gasteiger partial charge in [-0.15, -0.1) is 0 Å². The van der Waals surface area contributed by atoms with E-state index in [9.17, 15) is 0 Å². The molecule has 4 heteroatoms. The number of rotatable bonds is 12. The molecule has 0 aliphatic heterocycles. The third kappa shape index (κ3) is 5.02. The van der Waals surface area contributed by atoms with Crippen LogP contribution < -0.4 is 0 Å². The van der Waals surface area contributed by atoms with Gasteiger partial charge in [-0.25, -0.2) is 0 Å². The van der Waals surface area contributed by atoms with Crippen LogP contribution in [0.3, 0.4) is 0 Å². The van der Waals surface area contributed by atoms with Gasteiger partial charge in [0.2, 0.25) is 0 Å². The van der Waals surface area contributed by atoms with Crippen molar-refractivity contribution in [2.24, 2.45) is 0 Å². The van der Waals surface area contributed by atoms with E-state index in [2.05, 4.69) is 35.0 Å². The van der Waals surface area contributed by atoms with Crippen LogP contribution in [-0.2, 0) is 18.5 Å². The molecule has 23 heavy (non-hydrogen) atoms. The Morgan fingerprint density at radius 1 is 0.826 bits per heavy atom. The number of benzene rings is 1. The van der Waals surface area contributed by atoms with Crippen LogP contribution in [-0.4, -0.2) is 27.3 Å². The number of methoxy groups -OCH3 is 3. The molecule has 0 spiro atoms. The highest BCUT2D eigenvalue weighted by Crippen LogP contribution is 2.48. The van der Waals surface area contributed by atoms with Gasteiger partial charge in [0, 0.05) is 21.3 Å². The lowest BCUT2D eigenvalue weighted by atomic mass is 9.90. The minimum atomic E-state index is -1.15. The number of ether oxygens (including phenoxy) is 3. The fraction of sp³-hybridized carbons (Fsp3) is 0.684. The van der Waals surface area contributed by atoms with Gasteiger partial charge in [0.1, 0.15) is 4.32 Å². The molecule has 1 aromatic carbocycles. The average molecular weight is 387 g/mol. The summed E-state index contributed by atoms with van der Waals surface area (Å²) in [5.74, 6) is -1.15. The minimum absolute atomic E-state index is 0.551. The van der Waals surface area contributed by atoms with Gasteiger partial charge in [-0.05, 0) is 12.0 Å². The van der Waals surface area contributed by atoms with Crippen LogP contribution in [0.15, 0.2) is 30.3 Å². The summed E-state index contributed by atoms with van der Waals surface area (Å²) in [7, 11) is 4.85. The Kier molecular flexibility index (Phi) is 9.37. The monoisotopic (exact) mass is 386 g/mol. The van der Waals surface area contributed by atoms with Gasteiger partial charge in [-0.2, -0.15) is 0 Å². The van der Waals surface area contributed by atoms with Crippen molar-refractivity contribution in [3.63, 3.8) is 0 Å². The highest BCUT2D eigenvalue weighted by atomic mass is 79.9. The van der Waals surface area contributed by atoms with Crippen molar-refractivity contribution in [1.82, 2.24) is 0 Å². The molecule has 3 nitrogen and oxygen atoms in total. The Labute approximate surface area is 149 Å². The Morgan fingerprint density at radius 2 is 1.35 bits per heavy atom. The molecule has 132 valence electrons. The summed E-state index contributed by atoms with van der Waals surface area (Å²) in [6, 6.07) is 10.2. The van der Waals surface area contributed by atoms with Gasteiger partial charge in [0.05, 0.1) is 0 Å². The van der Waals surface area contributed by atoms with Crippen LogP contribution in [0.1, 0.15) is 57.4 Å². The number of halogens is 1. The number of hydrogen-bond donors (Lipinski definition) is 0. The van der Waals surface area contributed by atoms with Crippen molar-refractivity contribution < 1.29 is 14.2 Å². The normalized spacial score (nSPS) is 14.7. The molecule has 0 N–H and O–H groups in total. The zero-order valence-corrected chi connectivity index (χ0v) is 16.5. The Bertz CT molecular complexity index is 412. The van der Waals surface area contributed by atoms with Crippen molar-refractivity contribution in [2.45, 2.75) is 62.2 Å². The molecule has 0 amide bonds. The fourth-order valence-electron chi connectivity index (χ4n) is 3.06. The van der Waals surface area contributed by atoms with E-state index in [0.717, 1.165) is 18.4 Å². The van der Waals surface area contributed by atoms with Gasteiger partial charge < -0.3 is 14.2 Å². The molecule has 0 radical (unpaired) electrons. The first-order chi connectivity index (χ1) is 11.1. The predicted octanol–water partition coefficient (Wildman–Crippen LogP) is 5.62. The predicted molar refractivity (Wildman–Crippen MR) is 98.8 cm³/mol. The van der Waals surface area contributed by atoms with Crippen LogP contribution in [0.2, 0.25) is 0 Å². The van der Waals surface area contributed by atoms with E-state index >= 15 is 0 Å². The fourth-order valence-corrected chi connectivity index (χ4v) is 4.09. The second kappa shape index (κ2) is 10.4. The molecule has 1 aromatic rings. The summed E-state index contributed by atoms with van der Waals surface area (Å²) in [6.45, 7) is 2.24. The summed E-state index contributed by atoms with van der Waals surface area (Å²) in [5.41, 5.74) is 1.10. The van der Waals surface area contributed by atoms with Gasteiger partial charge in [-0.1, -0.05) is 91.7 Å². The van der Waals surface area contributed by atoms with Crippen LogP contribution in [0.5, 0.6) is 0 Å². The first-order valence-corrected chi connectivity index (χ1v) is 9.29. The third-order valence-corrected chi connectivity index (χ3v) is 5.74. The largest absolute Gasteiger partial charge is 0.329 e. The van der Waals surface area contributed by atoms with Gasteiger partial charge >= 0.3 is 5.97 Å². The third-order valence-electron chi connectivity index (χ3n) is 4.40. The highest BCUT2D eigenvalue weighted by molar-refractivity contribution is 9.09. The number of hydrogen-bond acceptors (Lipinski definition) is 3. The van der Waals surface area contributed by atoms with E-state index in [0.29, 0.717) is 0 Å². The van der Waals surface area contributed by atoms with E-state index in [1.165, 1.54) is 32.1 Å². The van der Waals surface area contributed by atoms with Crippen molar-refractivity contribution >= 4 is 15.9 Å². The van der Waals surface area contributed by atoms with E-state index in [4.69, 9.17) is 14.2 Å². The number of alkyl halides is 1. The lowest BCUT2D eigenvalue weighted by molar-refractivity contribution is -0.371.